The van der Waals surface area contributed by atoms with Gasteiger partial charge in [0.15, 0.2) is 5.13 Å². The molecule has 0 radical (unpaired) electrons. The Morgan fingerprint density at radius 3 is 2.17 bits per heavy atom. The summed E-state index contributed by atoms with van der Waals surface area (Å²) < 4.78 is 0. The van der Waals surface area contributed by atoms with Gasteiger partial charge in [-0.25, -0.2) is 4.98 Å². The van der Waals surface area contributed by atoms with Crippen molar-refractivity contribution >= 4 is 32.9 Å². The molecule has 2 rings (SSSR count). The van der Waals surface area contributed by atoms with Crippen LogP contribution in [0.3, 0.4) is 0 Å². The lowest BCUT2D eigenvalue weighted by Gasteiger charge is -1.67. The van der Waals surface area contributed by atoms with Gasteiger partial charge in [-0.05, 0) is 0 Å². The summed E-state index contributed by atoms with van der Waals surface area (Å²) >= 11 is 2.78. The molecule has 0 saturated carbocycles. The largest absolute Gasteiger partial charge is 0.375 e. The quantitative estimate of drug-likeness (QED) is 0.659. The lowest BCUT2D eigenvalue weighted by Crippen LogP contribution is -1.79. The first-order valence-electron chi connectivity index (χ1n) is 2.95. The van der Waals surface area contributed by atoms with Crippen molar-refractivity contribution in [1.82, 2.24) is 15.2 Å². The van der Waals surface area contributed by atoms with E-state index in [2.05, 4.69) is 15.2 Å². The number of nitrogen functional groups attached to an aromatic ring is 2. The number of anilines is 2. The molecule has 4 N–H and O–H groups in total. The Balaban J connectivity index is 0.000000120. The van der Waals surface area contributed by atoms with Crippen molar-refractivity contribution in [2.45, 2.75) is 0 Å². The van der Waals surface area contributed by atoms with Gasteiger partial charge in [-0.1, -0.05) is 11.3 Å². The van der Waals surface area contributed by atoms with Crippen LogP contribution in [0.1, 0.15) is 0 Å². The topological polar surface area (TPSA) is 90.7 Å². The predicted octanol–water partition coefficient (Wildman–Crippen LogP) is 0.846. The van der Waals surface area contributed by atoms with E-state index in [0.717, 1.165) is 0 Å². The van der Waals surface area contributed by atoms with Crippen LogP contribution in [0.4, 0.5) is 10.3 Å². The minimum atomic E-state index is 0.523. The Morgan fingerprint density at radius 1 is 1.17 bits per heavy atom. The van der Waals surface area contributed by atoms with Crippen LogP contribution in [-0.2, 0) is 0 Å². The van der Waals surface area contributed by atoms with Crippen molar-refractivity contribution in [3.8, 4) is 0 Å². The summed E-state index contributed by atoms with van der Waals surface area (Å²) in [5, 5.41) is 9.93. The minimum Gasteiger partial charge on any atom is -0.375 e. The highest BCUT2D eigenvalue weighted by Gasteiger charge is 1.78. The molecule has 7 heteroatoms. The van der Waals surface area contributed by atoms with Crippen LogP contribution in [0, 0.1) is 0 Å². The number of aromatic nitrogens is 3. The van der Waals surface area contributed by atoms with Gasteiger partial charge in [-0.3, -0.25) is 0 Å². The fourth-order valence-electron chi connectivity index (χ4n) is 0.416. The van der Waals surface area contributed by atoms with Crippen molar-refractivity contribution in [3.05, 3.63) is 17.1 Å². The van der Waals surface area contributed by atoms with Crippen LogP contribution < -0.4 is 11.5 Å². The first kappa shape index (κ1) is 8.88. The van der Waals surface area contributed by atoms with Crippen LogP contribution in [0.15, 0.2) is 17.1 Å². The van der Waals surface area contributed by atoms with Crippen LogP contribution >= 0.6 is 22.7 Å². The van der Waals surface area contributed by atoms with E-state index in [0.29, 0.717) is 10.3 Å². The number of hydrogen-bond acceptors (Lipinski definition) is 7. The van der Waals surface area contributed by atoms with E-state index >= 15 is 0 Å². The van der Waals surface area contributed by atoms with Gasteiger partial charge in [-0.2, -0.15) is 0 Å². The molecule has 0 atom stereocenters. The highest BCUT2D eigenvalue weighted by Crippen LogP contribution is 2.02. The zero-order chi connectivity index (χ0) is 8.81. The van der Waals surface area contributed by atoms with E-state index in [-0.39, 0.29) is 0 Å². The van der Waals surface area contributed by atoms with Crippen LogP contribution in [0.5, 0.6) is 0 Å². The maximum atomic E-state index is 5.19. The summed E-state index contributed by atoms with van der Waals surface area (Å²) in [6.07, 6.45) is 1.68. The zero-order valence-corrected chi connectivity index (χ0v) is 7.68. The van der Waals surface area contributed by atoms with E-state index in [1.54, 1.807) is 11.7 Å². The van der Waals surface area contributed by atoms with E-state index in [4.69, 9.17) is 11.5 Å². The summed E-state index contributed by atoms with van der Waals surface area (Å²) in [6.45, 7) is 0. The highest BCUT2D eigenvalue weighted by molar-refractivity contribution is 7.13. The number of thiazole rings is 1. The van der Waals surface area contributed by atoms with E-state index in [1.165, 1.54) is 22.7 Å². The Kier molecular flexibility index (Phi) is 3.42. The van der Waals surface area contributed by atoms with Crippen molar-refractivity contribution < 1.29 is 0 Å². The molecule has 0 spiro atoms. The summed E-state index contributed by atoms with van der Waals surface area (Å²) in [7, 11) is 0. The van der Waals surface area contributed by atoms with Crippen LogP contribution in [0.25, 0.3) is 0 Å². The second-order valence-electron chi connectivity index (χ2n) is 1.65. The number of nitrogens with two attached hydrogens (primary N) is 2. The first-order valence-corrected chi connectivity index (χ1v) is 4.71. The van der Waals surface area contributed by atoms with Crippen molar-refractivity contribution in [3.63, 3.8) is 0 Å². The fourth-order valence-corrected chi connectivity index (χ4v) is 1.10. The molecule has 0 aromatic carbocycles. The standard InChI is InChI=1S/C3H4N2S.C2H3N3S/c4-3-5-1-2-6-3;3-2-5-4-1-6-2/h1-2H,(H2,4,5);1H,(H2,3,5). The van der Waals surface area contributed by atoms with Gasteiger partial charge in [0, 0.05) is 11.6 Å². The highest BCUT2D eigenvalue weighted by atomic mass is 32.1. The molecule has 0 aliphatic carbocycles. The molecular formula is C5H7N5S2. The molecule has 2 aromatic heterocycles. The Bertz CT molecular complexity index is 257. The third-order valence-corrected chi connectivity index (χ3v) is 1.96. The van der Waals surface area contributed by atoms with E-state index in [9.17, 15) is 0 Å². The second kappa shape index (κ2) is 4.62. The minimum absolute atomic E-state index is 0.523. The van der Waals surface area contributed by atoms with Gasteiger partial charge in [0.2, 0.25) is 5.13 Å². The van der Waals surface area contributed by atoms with Gasteiger partial charge in [0.05, 0.1) is 0 Å². The Hall–Kier alpha value is -1.21. The average Bonchev–Trinajstić information content (AvgIpc) is 2.63. The van der Waals surface area contributed by atoms with Gasteiger partial charge < -0.3 is 11.5 Å². The number of rotatable bonds is 0. The first-order chi connectivity index (χ1) is 5.79. The molecule has 0 saturated heterocycles. The summed E-state index contributed by atoms with van der Waals surface area (Å²) in [5.74, 6) is 0. The Morgan fingerprint density at radius 2 is 2.00 bits per heavy atom. The third-order valence-electron chi connectivity index (χ3n) is 0.828. The second-order valence-corrected chi connectivity index (χ2v) is 3.44. The lowest BCUT2D eigenvalue weighted by atomic mass is 11.0. The molecule has 0 aliphatic rings. The molecule has 0 unspecified atom stereocenters. The Labute approximate surface area is 77.1 Å². The van der Waals surface area contributed by atoms with Gasteiger partial charge in [-0.15, -0.1) is 21.5 Å². The molecule has 0 aliphatic heterocycles. The molecule has 5 nitrogen and oxygen atoms in total. The van der Waals surface area contributed by atoms with Crippen LogP contribution in [0.2, 0.25) is 0 Å². The van der Waals surface area contributed by atoms with Gasteiger partial charge >= 0.3 is 0 Å². The summed E-state index contributed by atoms with van der Waals surface area (Å²) in [4.78, 5) is 3.71. The van der Waals surface area contributed by atoms with Gasteiger partial charge in [0.25, 0.3) is 0 Å². The third kappa shape index (κ3) is 3.26. The molecule has 12 heavy (non-hydrogen) atoms. The molecule has 0 bridgehead atoms. The maximum Gasteiger partial charge on any atom is 0.202 e. The van der Waals surface area contributed by atoms with E-state index in [1.807, 2.05) is 5.38 Å². The summed E-state index contributed by atoms with van der Waals surface area (Å²) in [6, 6.07) is 0. The normalized spacial score (nSPS) is 8.67. The lowest BCUT2D eigenvalue weighted by molar-refractivity contribution is 1.10. The SMILES string of the molecule is Nc1nccs1.Nc1nncs1. The molecule has 2 aromatic rings. The average molecular weight is 201 g/mol. The number of hydrogen-bond donors (Lipinski definition) is 2. The van der Waals surface area contributed by atoms with Crippen molar-refractivity contribution in [2.75, 3.05) is 11.5 Å². The molecule has 2 heterocycles. The molecule has 0 amide bonds. The number of nitrogens with zero attached hydrogens (tertiary/aromatic N) is 3. The van der Waals surface area contributed by atoms with Crippen molar-refractivity contribution in [1.29, 1.82) is 0 Å². The molecular weight excluding hydrogens is 194 g/mol. The fraction of sp³-hybridized carbons (Fsp3) is 0. The van der Waals surface area contributed by atoms with Crippen molar-refractivity contribution in [2.24, 2.45) is 0 Å². The predicted molar refractivity (Wildman–Crippen MR) is 50.8 cm³/mol. The zero-order valence-electron chi connectivity index (χ0n) is 6.04. The van der Waals surface area contributed by atoms with Crippen LogP contribution in [-0.4, -0.2) is 15.2 Å². The monoisotopic (exact) mass is 201 g/mol. The maximum absolute atomic E-state index is 5.19. The molecule has 64 valence electrons. The van der Waals surface area contributed by atoms with Gasteiger partial charge in [0.1, 0.15) is 5.51 Å². The van der Waals surface area contributed by atoms with E-state index < -0.39 is 0 Å². The summed E-state index contributed by atoms with van der Waals surface area (Å²) in [5.41, 5.74) is 11.9. The smallest absolute Gasteiger partial charge is 0.202 e. The molecule has 0 fully saturated rings.